The van der Waals surface area contributed by atoms with Crippen LogP contribution in [0.15, 0.2) is 18.2 Å². The fourth-order valence-corrected chi connectivity index (χ4v) is 4.35. The molecule has 1 fully saturated rings. The van der Waals surface area contributed by atoms with Gasteiger partial charge < -0.3 is 10.6 Å². The summed E-state index contributed by atoms with van der Waals surface area (Å²) in [5.41, 5.74) is 2.84. The van der Waals surface area contributed by atoms with Crippen LogP contribution in [0, 0.1) is 6.92 Å². The minimum Gasteiger partial charge on any atom is -0.348 e. The molecular formula is C27H41N5O2. The van der Waals surface area contributed by atoms with E-state index < -0.39 is 5.54 Å². The second-order valence-corrected chi connectivity index (χ2v) is 11.8. The molecule has 0 aromatic carbocycles. The van der Waals surface area contributed by atoms with Crippen LogP contribution in [0.25, 0.3) is 0 Å². The third-order valence-electron chi connectivity index (χ3n) is 6.71. The predicted molar refractivity (Wildman–Crippen MR) is 135 cm³/mol. The number of aromatic nitrogens is 3. The maximum atomic E-state index is 13.6. The number of hydrogen-bond donors (Lipinski definition) is 2. The Morgan fingerprint density at radius 2 is 1.53 bits per heavy atom. The fourth-order valence-electron chi connectivity index (χ4n) is 4.35. The molecule has 1 aliphatic rings. The largest absolute Gasteiger partial charge is 0.348 e. The van der Waals surface area contributed by atoms with Gasteiger partial charge in [0.1, 0.15) is 5.54 Å². The van der Waals surface area contributed by atoms with Crippen molar-refractivity contribution in [3.8, 4) is 0 Å². The van der Waals surface area contributed by atoms with Gasteiger partial charge in [0.2, 0.25) is 5.91 Å². The van der Waals surface area contributed by atoms with E-state index in [4.69, 9.17) is 4.98 Å². The average molecular weight is 468 g/mol. The number of carbonyl (C=O) groups is 2. The second-order valence-electron chi connectivity index (χ2n) is 11.8. The molecule has 0 bridgehead atoms. The predicted octanol–water partition coefficient (Wildman–Crippen LogP) is 4.47. The zero-order chi connectivity index (χ0) is 25.3. The maximum Gasteiger partial charge on any atom is 0.252 e. The molecule has 0 aliphatic heterocycles. The zero-order valence-corrected chi connectivity index (χ0v) is 22.1. The molecule has 2 N–H and O–H groups in total. The molecular weight excluding hydrogens is 426 g/mol. The van der Waals surface area contributed by atoms with Gasteiger partial charge in [0.25, 0.3) is 5.91 Å². The third-order valence-corrected chi connectivity index (χ3v) is 6.71. The lowest BCUT2D eigenvalue weighted by atomic mass is 9.80. The van der Waals surface area contributed by atoms with Gasteiger partial charge in [-0.2, -0.15) is 5.10 Å². The molecule has 1 saturated carbocycles. The van der Waals surface area contributed by atoms with E-state index >= 15 is 0 Å². The molecule has 186 valence electrons. The van der Waals surface area contributed by atoms with E-state index in [1.807, 2.05) is 32.2 Å². The van der Waals surface area contributed by atoms with Gasteiger partial charge in [0.05, 0.1) is 12.2 Å². The number of carbonyl (C=O) groups excluding carboxylic acids is 2. The summed E-state index contributed by atoms with van der Waals surface area (Å²) in [6.07, 6.45) is 4.16. The summed E-state index contributed by atoms with van der Waals surface area (Å²) in [6, 6.07) is 5.71. The molecule has 1 aliphatic carbocycles. The van der Waals surface area contributed by atoms with Crippen LogP contribution < -0.4 is 10.6 Å². The van der Waals surface area contributed by atoms with Gasteiger partial charge in [-0.3, -0.25) is 19.3 Å². The molecule has 7 heteroatoms. The van der Waals surface area contributed by atoms with Gasteiger partial charge in [-0.1, -0.05) is 60.8 Å². The molecule has 0 spiro atoms. The number of amides is 2. The molecule has 2 aromatic heterocycles. The zero-order valence-electron chi connectivity index (χ0n) is 22.1. The molecule has 0 radical (unpaired) electrons. The Morgan fingerprint density at radius 1 is 0.971 bits per heavy atom. The van der Waals surface area contributed by atoms with Crippen LogP contribution in [0.1, 0.15) is 107 Å². The standard InChI is InChI=1S/C27H41N5O2/c1-18-14-20(31-32(18)8)17-28-24(34)27(12-10-9-11-13-27)30-23(33)19-15-21(25(2,3)4)29-22(16-19)26(5,6)7/h14-16H,9-13,17H2,1-8H3,(H,28,34)(H,30,33). The third kappa shape index (κ3) is 5.86. The molecule has 0 unspecified atom stereocenters. The van der Waals surface area contributed by atoms with Crippen LogP contribution in [-0.2, 0) is 29.2 Å². The molecule has 7 nitrogen and oxygen atoms in total. The van der Waals surface area contributed by atoms with Crippen molar-refractivity contribution in [1.29, 1.82) is 0 Å². The van der Waals surface area contributed by atoms with Gasteiger partial charge >= 0.3 is 0 Å². The molecule has 2 heterocycles. The van der Waals surface area contributed by atoms with E-state index in [0.717, 1.165) is 42.0 Å². The highest BCUT2D eigenvalue weighted by molar-refractivity contribution is 5.99. The van der Waals surface area contributed by atoms with Gasteiger partial charge in [-0.25, -0.2) is 0 Å². The van der Waals surface area contributed by atoms with Crippen LogP contribution in [0.2, 0.25) is 0 Å². The highest BCUT2D eigenvalue weighted by atomic mass is 16.2. The quantitative estimate of drug-likeness (QED) is 0.679. The Bertz CT molecular complexity index is 998. The van der Waals surface area contributed by atoms with Crippen molar-refractivity contribution in [2.75, 3.05) is 0 Å². The number of hydrogen-bond acceptors (Lipinski definition) is 4. The summed E-state index contributed by atoms with van der Waals surface area (Å²) in [5, 5.41) is 10.6. The SMILES string of the molecule is Cc1cc(CNC(=O)C2(NC(=O)c3cc(C(C)(C)C)nc(C(C)(C)C)c3)CCCCC2)nn1C. The fraction of sp³-hybridized carbons (Fsp3) is 0.630. The van der Waals surface area contributed by atoms with Crippen molar-refractivity contribution >= 4 is 11.8 Å². The van der Waals surface area contributed by atoms with Crippen molar-refractivity contribution in [2.45, 2.75) is 103 Å². The first-order valence-electron chi connectivity index (χ1n) is 12.3. The van der Waals surface area contributed by atoms with Gasteiger partial charge in [-0.05, 0) is 38.0 Å². The first kappa shape index (κ1) is 25.9. The van der Waals surface area contributed by atoms with E-state index in [2.05, 4.69) is 57.3 Å². The van der Waals surface area contributed by atoms with E-state index in [-0.39, 0.29) is 22.6 Å². The molecule has 2 amide bonds. The first-order chi connectivity index (χ1) is 15.7. The maximum absolute atomic E-state index is 13.6. The van der Waals surface area contributed by atoms with Crippen molar-refractivity contribution in [1.82, 2.24) is 25.4 Å². The molecule has 0 saturated heterocycles. The Labute approximate surface area is 204 Å². The summed E-state index contributed by atoms with van der Waals surface area (Å²) in [6.45, 7) is 14.9. The van der Waals surface area contributed by atoms with Crippen LogP contribution in [0.3, 0.4) is 0 Å². The summed E-state index contributed by atoms with van der Waals surface area (Å²) in [4.78, 5) is 31.9. The number of aryl methyl sites for hydroxylation is 2. The summed E-state index contributed by atoms with van der Waals surface area (Å²) < 4.78 is 1.79. The lowest BCUT2D eigenvalue weighted by Gasteiger charge is -2.36. The van der Waals surface area contributed by atoms with Crippen LogP contribution >= 0.6 is 0 Å². The molecule has 0 atom stereocenters. The molecule has 2 aromatic rings. The van der Waals surface area contributed by atoms with Crippen molar-refractivity contribution in [3.63, 3.8) is 0 Å². The van der Waals surface area contributed by atoms with Gasteiger partial charge in [0, 0.05) is 40.5 Å². The summed E-state index contributed by atoms with van der Waals surface area (Å²) in [5.74, 6) is -0.353. The smallest absolute Gasteiger partial charge is 0.252 e. The minimum atomic E-state index is -0.910. The van der Waals surface area contributed by atoms with Gasteiger partial charge in [-0.15, -0.1) is 0 Å². The first-order valence-corrected chi connectivity index (χ1v) is 12.3. The Morgan fingerprint density at radius 3 is 2.00 bits per heavy atom. The topological polar surface area (TPSA) is 88.9 Å². The summed E-state index contributed by atoms with van der Waals surface area (Å²) in [7, 11) is 1.88. The second kappa shape index (κ2) is 9.51. The lowest BCUT2D eigenvalue weighted by Crippen LogP contribution is -2.59. The average Bonchev–Trinajstić information content (AvgIpc) is 3.08. The highest BCUT2D eigenvalue weighted by Crippen LogP contribution is 2.31. The molecule has 3 rings (SSSR count). The Balaban J connectivity index is 1.87. The monoisotopic (exact) mass is 467 g/mol. The van der Waals surface area contributed by atoms with E-state index in [1.54, 1.807) is 4.68 Å². The van der Waals surface area contributed by atoms with Crippen LogP contribution in [0.5, 0.6) is 0 Å². The van der Waals surface area contributed by atoms with Crippen molar-refractivity contribution in [3.05, 3.63) is 46.5 Å². The van der Waals surface area contributed by atoms with Crippen molar-refractivity contribution < 1.29 is 9.59 Å². The summed E-state index contributed by atoms with van der Waals surface area (Å²) >= 11 is 0. The van der Waals surface area contributed by atoms with Crippen molar-refractivity contribution in [2.24, 2.45) is 7.05 Å². The highest BCUT2D eigenvalue weighted by Gasteiger charge is 2.41. The minimum absolute atomic E-state index is 0.134. The van der Waals surface area contributed by atoms with Gasteiger partial charge in [0.15, 0.2) is 0 Å². The number of nitrogens with one attached hydrogen (secondary N) is 2. The van der Waals surface area contributed by atoms with E-state index in [0.29, 0.717) is 24.9 Å². The Hall–Kier alpha value is -2.70. The number of pyridine rings is 1. The lowest BCUT2D eigenvalue weighted by molar-refractivity contribution is -0.128. The van der Waals surface area contributed by atoms with Crippen LogP contribution in [-0.4, -0.2) is 32.1 Å². The number of nitrogens with zero attached hydrogens (tertiary/aromatic N) is 3. The number of rotatable bonds is 5. The molecule has 34 heavy (non-hydrogen) atoms. The normalized spacial score (nSPS) is 16.2. The van der Waals surface area contributed by atoms with E-state index in [1.165, 1.54) is 0 Å². The van der Waals surface area contributed by atoms with E-state index in [9.17, 15) is 9.59 Å². The van der Waals surface area contributed by atoms with Crippen LogP contribution in [0.4, 0.5) is 0 Å². The Kier molecular flexibility index (Phi) is 7.25.